The predicted octanol–water partition coefficient (Wildman–Crippen LogP) is 5.79. The molecule has 5 heteroatoms. The number of nitrogens with zero attached hydrogens (tertiary/aromatic N) is 2. The second-order valence-corrected chi connectivity index (χ2v) is 7.57. The van der Waals surface area contributed by atoms with E-state index in [9.17, 15) is 0 Å². The molecule has 0 bridgehead atoms. The van der Waals surface area contributed by atoms with Crippen molar-refractivity contribution < 1.29 is 0 Å². The van der Waals surface area contributed by atoms with Gasteiger partial charge in [-0.15, -0.1) is 11.3 Å². The van der Waals surface area contributed by atoms with E-state index in [1.807, 2.05) is 36.4 Å². The fraction of sp³-hybridized carbons (Fsp3) is 0.0588. The van der Waals surface area contributed by atoms with Crippen molar-refractivity contribution >= 4 is 55.8 Å². The Morgan fingerprint density at radius 3 is 2.77 bits per heavy atom. The third-order valence-electron chi connectivity index (χ3n) is 3.33. The van der Waals surface area contributed by atoms with Crippen LogP contribution in [0.5, 0.6) is 0 Å². The summed E-state index contributed by atoms with van der Waals surface area (Å²) in [6, 6.07) is 18.1. The first-order chi connectivity index (χ1) is 10.8. The van der Waals surface area contributed by atoms with E-state index in [4.69, 9.17) is 11.6 Å². The summed E-state index contributed by atoms with van der Waals surface area (Å²) in [4.78, 5) is 9.32. The molecule has 0 unspecified atom stereocenters. The number of para-hydroxylation sites is 1. The number of pyridine rings is 1. The summed E-state index contributed by atoms with van der Waals surface area (Å²) in [7, 11) is 0. The Hall–Kier alpha value is -1.62. The smallest absolute Gasteiger partial charge is 0.151 e. The fourth-order valence-corrected chi connectivity index (χ4v) is 4.42. The summed E-state index contributed by atoms with van der Waals surface area (Å²) in [5, 5.41) is 1.81. The number of fused-ring (bicyclic) bond motifs is 2. The highest BCUT2D eigenvalue weighted by molar-refractivity contribution is 8.00. The molecule has 2 aromatic carbocycles. The third-order valence-corrected chi connectivity index (χ3v) is 5.77. The van der Waals surface area contributed by atoms with Crippen molar-refractivity contribution in [2.24, 2.45) is 0 Å². The predicted molar refractivity (Wildman–Crippen MR) is 95.9 cm³/mol. The van der Waals surface area contributed by atoms with Crippen molar-refractivity contribution in [3.63, 3.8) is 0 Å². The van der Waals surface area contributed by atoms with Crippen LogP contribution >= 0.6 is 34.7 Å². The normalized spacial score (nSPS) is 11.3. The maximum absolute atomic E-state index is 6.00. The summed E-state index contributed by atoms with van der Waals surface area (Å²) < 4.78 is 2.31. The average molecular weight is 343 g/mol. The van der Waals surface area contributed by atoms with Gasteiger partial charge in [-0.2, -0.15) is 0 Å². The summed E-state index contributed by atoms with van der Waals surface area (Å²) in [5.41, 5.74) is 3.10. The number of rotatable bonds is 3. The largest absolute Gasteiger partial charge is 0.252 e. The van der Waals surface area contributed by atoms with E-state index in [0.717, 1.165) is 37.2 Å². The van der Waals surface area contributed by atoms with Crippen LogP contribution in [0.4, 0.5) is 0 Å². The zero-order valence-electron chi connectivity index (χ0n) is 11.5. The van der Waals surface area contributed by atoms with Crippen molar-refractivity contribution in [2.75, 3.05) is 0 Å². The van der Waals surface area contributed by atoms with Gasteiger partial charge in [0, 0.05) is 16.2 Å². The highest BCUT2D eigenvalue weighted by atomic mass is 35.5. The van der Waals surface area contributed by atoms with Crippen LogP contribution < -0.4 is 0 Å². The van der Waals surface area contributed by atoms with Crippen LogP contribution in [0.15, 0.2) is 58.9 Å². The van der Waals surface area contributed by atoms with E-state index in [2.05, 4.69) is 28.2 Å². The minimum atomic E-state index is 0.742. The van der Waals surface area contributed by atoms with E-state index in [1.165, 1.54) is 4.70 Å². The number of thioether (sulfide) groups is 1. The third kappa shape index (κ3) is 2.82. The van der Waals surface area contributed by atoms with Gasteiger partial charge < -0.3 is 0 Å². The number of thiazole rings is 1. The van der Waals surface area contributed by atoms with Gasteiger partial charge in [0.1, 0.15) is 0 Å². The summed E-state index contributed by atoms with van der Waals surface area (Å²) in [6.07, 6.45) is 0. The summed E-state index contributed by atoms with van der Waals surface area (Å²) in [6.45, 7) is 0. The topological polar surface area (TPSA) is 25.8 Å². The molecular formula is C17H11ClN2S2. The number of aromatic nitrogens is 2. The first-order valence-corrected chi connectivity index (χ1v) is 8.99. The van der Waals surface area contributed by atoms with E-state index >= 15 is 0 Å². The molecule has 0 amide bonds. The molecule has 0 saturated heterocycles. The lowest BCUT2D eigenvalue weighted by molar-refractivity contribution is 1.21. The number of halogens is 1. The average Bonchev–Trinajstić information content (AvgIpc) is 2.95. The molecule has 2 aromatic heterocycles. The highest BCUT2D eigenvalue weighted by Gasteiger charge is 2.05. The van der Waals surface area contributed by atoms with Gasteiger partial charge in [0.2, 0.25) is 0 Å². The Bertz CT molecular complexity index is 932. The van der Waals surface area contributed by atoms with Crippen molar-refractivity contribution in [3.8, 4) is 0 Å². The lowest BCUT2D eigenvalue weighted by Crippen LogP contribution is -1.87. The molecule has 0 N–H and O–H groups in total. The molecule has 0 radical (unpaired) electrons. The standard InChI is InChI=1S/C17H11ClN2S2/c18-12-6-8-14-11(9-12)5-7-13(19-14)10-21-17-20-15-3-1-2-4-16(15)22-17/h1-9H,10H2. The summed E-state index contributed by atoms with van der Waals surface area (Å²) >= 11 is 9.46. The minimum Gasteiger partial charge on any atom is -0.252 e. The second kappa shape index (κ2) is 5.88. The second-order valence-electron chi connectivity index (χ2n) is 4.88. The molecule has 4 aromatic rings. The van der Waals surface area contributed by atoms with Crippen LogP contribution in [0.3, 0.4) is 0 Å². The Labute approximate surface area is 141 Å². The van der Waals surface area contributed by atoms with Gasteiger partial charge in [-0.05, 0) is 36.4 Å². The van der Waals surface area contributed by atoms with Gasteiger partial charge in [0.15, 0.2) is 4.34 Å². The molecule has 0 aliphatic carbocycles. The molecule has 0 fully saturated rings. The van der Waals surface area contributed by atoms with Crippen molar-refractivity contribution in [1.29, 1.82) is 0 Å². The lowest BCUT2D eigenvalue weighted by atomic mass is 10.2. The minimum absolute atomic E-state index is 0.742. The Balaban J connectivity index is 1.56. The van der Waals surface area contributed by atoms with Crippen LogP contribution in [-0.2, 0) is 5.75 Å². The van der Waals surface area contributed by atoms with Crippen LogP contribution in [0.2, 0.25) is 5.02 Å². The molecule has 0 saturated carbocycles. The van der Waals surface area contributed by atoms with Crippen molar-refractivity contribution in [2.45, 2.75) is 10.1 Å². The molecule has 22 heavy (non-hydrogen) atoms. The first-order valence-electron chi connectivity index (χ1n) is 6.81. The molecule has 0 spiro atoms. The molecule has 108 valence electrons. The van der Waals surface area contributed by atoms with E-state index < -0.39 is 0 Å². The lowest BCUT2D eigenvalue weighted by Gasteiger charge is -2.02. The molecule has 2 nitrogen and oxygen atoms in total. The van der Waals surface area contributed by atoms with E-state index in [0.29, 0.717) is 0 Å². The van der Waals surface area contributed by atoms with E-state index in [1.54, 1.807) is 23.1 Å². The maximum atomic E-state index is 6.00. The van der Waals surface area contributed by atoms with E-state index in [-0.39, 0.29) is 0 Å². The van der Waals surface area contributed by atoms with Crippen molar-refractivity contribution in [3.05, 3.63) is 65.3 Å². The van der Waals surface area contributed by atoms with Gasteiger partial charge in [0.25, 0.3) is 0 Å². The summed E-state index contributed by atoms with van der Waals surface area (Å²) in [5.74, 6) is 0.818. The van der Waals surface area contributed by atoms with Gasteiger partial charge in [-0.3, -0.25) is 4.98 Å². The van der Waals surface area contributed by atoms with Gasteiger partial charge >= 0.3 is 0 Å². The monoisotopic (exact) mass is 342 g/mol. The number of hydrogen-bond acceptors (Lipinski definition) is 4. The molecule has 2 heterocycles. The van der Waals surface area contributed by atoms with Gasteiger partial charge in [0.05, 0.1) is 21.4 Å². The van der Waals surface area contributed by atoms with Crippen LogP contribution in [0.25, 0.3) is 21.1 Å². The molecule has 4 rings (SSSR count). The number of hydrogen-bond donors (Lipinski definition) is 0. The van der Waals surface area contributed by atoms with Crippen LogP contribution in [0.1, 0.15) is 5.69 Å². The molecule has 0 atom stereocenters. The molecule has 0 aliphatic heterocycles. The molecule has 0 aliphatic rings. The molecular weight excluding hydrogens is 332 g/mol. The Kier molecular flexibility index (Phi) is 3.74. The quantitative estimate of drug-likeness (QED) is 0.441. The number of benzene rings is 2. The van der Waals surface area contributed by atoms with Crippen LogP contribution in [0, 0.1) is 0 Å². The Morgan fingerprint density at radius 1 is 0.955 bits per heavy atom. The van der Waals surface area contributed by atoms with Gasteiger partial charge in [-0.1, -0.05) is 41.6 Å². The highest BCUT2D eigenvalue weighted by Crippen LogP contribution is 2.31. The fourth-order valence-electron chi connectivity index (χ4n) is 2.27. The zero-order chi connectivity index (χ0) is 14.9. The Morgan fingerprint density at radius 2 is 1.86 bits per heavy atom. The van der Waals surface area contributed by atoms with Gasteiger partial charge in [-0.25, -0.2) is 4.98 Å². The maximum Gasteiger partial charge on any atom is 0.151 e. The van der Waals surface area contributed by atoms with Crippen molar-refractivity contribution in [1.82, 2.24) is 9.97 Å². The van der Waals surface area contributed by atoms with Crippen LogP contribution in [-0.4, -0.2) is 9.97 Å². The SMILES string of the molecule is Clc1ccc2nc(CSc3nc4ccccc4s3)ccc2c1. The zero-order valence-corrected chi connectivity index (χ0v) is 13.9. The first kappa shape index (κ1) is 14.0.